The second kappa shape index (κ2) is 5.58. The largest absolute Gasteiger partial charge is 0.387 e. The van der Waals surface area contributed by atoms with Gasteiger partial charge in [0, 0.05) is 24.4 Å². The van der Waals surface area contributed by atoms with Gasteiger partial charge in [-0.3, -0.25) is 0 Å². The number of thioether (sulfide) groups is 1. The van der Waals surface area contributed by atoms with Crippen molar-refractivity contribution in [2.75, 3.05) is 6.54 Å². The Balaban J connectivity index is 1.93. The monoisotopic (exact) mass is 382 g/mol. The van der Waals surface area contributed by atoms with E-state index in [9.17, 15) is 21.9 Å². The molecule has 3 rings (SSSR count). The third-order valence-corrected chi connectivity index (χ3v) is 9.89. The van der Waals surface area contributed by atoms with Crippen LogP contribution in [0.25, 0.3) is 0 Å². The highest BCUT2D eigenvalue weighted by atomic mass is 32.3. The molecule has 0 amide bonds. The molecule has 0 spiro atoms. The van der Waals surface area contributed by atoms with Crippen molar-refractivity contribution in [2.45, 2.75) is 23.7 Å². The van der Waals surface area contributed by atoms with Gasteiger partial charge in [0.1, 0.15) is 8.82 Å². The topological polar surface area (TPSA) is 118 Å². The summed E-state index contributed by atoms with van der Waals surface area (Å²) in [5.74, 6) is 0. The van der Waals surface area contributed by atoms with Crippen molar-refractivity contribution in [2.24, 2.45) is 5.14 Å². The first-order valence-corrected chi connectivity index (χ1v) is 11.1. The minimum Gasteiger partial charge on any atom is -0.387 e. The summed E-state index contributed by atoms with van der Waals surface area (Å²) in [5, 5.41) is 17.1. The quantitative estimate of drug-likeness (QED) is 0.772. The van der Waals surface area contributed by atoms with E-state index in [1.807, 2.05) is 17.5 Å². The van der Waals surface area contributed by atoms with E-state index in [0.29, 0.717) is 11.8 Å². The summed E-state index contributed by atoms with van der Waals surface area (Å²) in [4.78, 5) is 0.853. The number of hydrogen-bond donors (Lipinski definition) is 2. The number of nitrogens with zero attached hydrogens (tertiary/aromatic N) is 1. The van der Waals surface area contributed by atoms with Crippen molar-refractivity contribution in [3.63, 3.8) is 0 Å². The average Bonchev–Trinajstić information content (AvgIpc) is 3.04. The number of hydrogen-bond acceptors (Lipinski definition) is 7. The van der Waals surface area contributed by atoms with Crippen LogP contribution in [0.5, 0.6) is 0 Å². The van der Waals surface area contributed by atoms with Crippen LogP contribution in [0.4, 0.5) is 0 Å². The van der Waals surface area contributed by atoms with Gasteiger partial charge in [-0.15, -0.1) is 11.3 Å². The molecule has 7 nitrogen and oxygen atoms in total. The first kappa shape index (κ1) is 16.4. The molecule has 11 heteroatoms. The number of β-amino-alcohol motifs (C(OH)–C–C–N with tert-alkyl or cyclic N) is 1. The van der Waals surface area contributed by atoms with Crippen LogP contribution in [-0.2, 0) is 26.6 Å². The highest BCUT2D eigenvalue weighted by molar-refractivity contribution is 8.24. The number of aliphatic hydroxyl groups is 1. The molecular weight excluding hydrogens is 368 g/mol. The lowest BCUT2D eigenvalue weighted by molar-refractivity contribution is 0.169. The molecule has 2 atom stereocenters. The predicted octanol–water partition coefficient (Wildman–Crippen LogP) is 0.218. The van der Waals surface area contributed by atoms with Gasteiger partial charge in [-0.2, -0.15) is 4.31 Å². The summed E-state index contributed by atoms with van der Waals surface area (Å²) in [7, 11) is -7.67. The zero-order valence-electron chi connectivity index (χ0n) is 11.2. The molecule has 0 bridgehead atoms. The highest BCUT2D eigenvalue weighted by Crippen LogP contribution is 2.47. The standard InChI is InChI=1S/C11H14N2O5S4/c12-21(15,16)10-4-8-9(14)6-13(5-7-2-1-3-19-7)22(17,18)11(8)20-10/h1-3,9-10,14H,4-6H2,(H2,12,15,16)/t9-,10?/m0/s1. The smallest absolute Gasteiger partial charge is 0.249 e. The fraction of sp³-hybridized carbons (Fsp3) is 0.455. The highest BCUT2D eigenvalue weighted by Gasteiger charge is 2.46. The van der Waals surface area contributed by atoms with Crippen LogP contribution in [0.15, 0.2) is 27.3 Å². The molecule has 1 unspecified atom stereocenters. The van der Waals surface area contributed by atoms with Crippen LogP contribution < -0.4 is 5.14 Å². The van der Waals surface area contributed by atoms with Crippen LogP contribution in [0.1, 0.15) is 11.3 Å². The van der Waals surface area contributed by atoms with Gasteiger partial charge in [0.25, 0.3) is 0 Å². The summed E-state index contributed by atoms with van der Waals surface area (Å²) in [6.07, 6.45) is -1.05. The van der Waals surface area contributed by atoms with E-state index < -0.39 is 30.7 Å². The van der Waals surface area contributed by atoms with Gasteiger partial charge in [-0.05, 0) is 17.0 Å². The van der Waals surface area contributed by atoms with E-state index in [1.165, 1.54) is 15.6 Å². The SMILES string of the molecule is NS(=O)(=O)C1CC2=C(S1)S(=O)(=O)N(Cc1cccs1)C[C@@H]2O. The van der Waals surface area contributed by atoms with Crippen molar-refractivity contribution >= 4 is 43.1 Å². The van der Waals surface area contributed by atoms with Crippen LogP contribution in [-0.4, -0.2) is 43.5 Å². The Morgan fingerprint density at radius 1 is 1.45 bits per heavy atom. The Hall–Kier alpha value is -0.430. The Morgan fingerprint density at radius 3 is 2.77 bits per heavy atom. The van der Waals surface area contributed by atoms with Gasteiger partial charge in [-0.25, -0.2) is 22.0 Å². The lowest BCUT2D eigenvalue weighted by Crippen LogP contribution is -2.42. The van der Waals surface area contributed by atoms with Gasteiger partial charge in [0.05, 0.1) is 6.10 Å². The zero-order valence-corrected chi connectivity index (χ0v) is 14.5. The average molecular weight is 383 g/mol. The van der Waals surface area contributed by atoms with Crippen molar-refractivity contribution in [1.82, 2.24) is 4.31 Å². The Bertz CT molecular complexity index is 813. The summed E-state index contributed by atoms with van der Waals surface area (Å²) in [6, 6.07) is 3.63. The van der Waals surface area contributed by atoms with Gasteiger partial charge >= 0.3 is 0 Å². The summed E-state index contributed by atoms with van der Waals surface area (Å²) in [5.41, 5.74) is 0.256. The Labute approximate surface area is 136 Å². The molecule has 3 N–H and O–H groups in total. The van der Waals surface area contributed by atoms with Crippen LogP contribution >= 0.6 is 23.1 Å². The number of aliphatic hydroxyl groups excluding tert-OH is 1. The van der Waals surface area contributed by atoms with Crippen LogP contribution in [0.2, 0.25) is 0 Å². The van der Waals surface area contributed by atoms with E-state index in [0.717, 1.165) is 4.88 Å². The van der Waals surface area contributed by atoms with Crippen molar-refractivity contribution in [3.05, 3.63) is 32.2 Å². The molecule has 0 radical (unpaired) electrons. The van der Waals surface area contributed by atoms with E-state index in [1.54, 1.807) is 0 Å². The van der Waals surface area contributed by atoms with Crippen LogP contribution in [0.3, 0.4) is 0 Å². The lowest BCUT2D eigenvalue weighted by atomic mass is 10.1. The molecule has 0 fully saturated rings. The summed E-state index contributed by atoms with van der Waals surface area (Å²) in [6.45, 7) is 0.0887. The lowest BCUT2D eigenvalue weighted by Gasteiger charge is -2.30. The van der Waals surface area contributed by atoms with Gasteiger partial charge in [-0.1, -0.05) is 17.8 Å². The van der Waals surface area contributed by atoms with Crippen LogP contribution in [0, 0.1) is 0 Å². The molecule has 0 saturated carbocycles. The maximum absolute atomic E-state index is 12.6. The fourth-order valence-corrected chi connectivity index (χ4v) is 8.10. The van der Waals surface area contributed by atoms with Crippen molar-refractivity contribution in [3.8, 4) is 0 Å². The molecule has 22 heavy (non-hydrogen) atoms. The maximum Gasteiger partial charge on any atom is 0.249 e. The molecule has 0 aromatic carbocycles. The number of nitrogens with two attached hydrogens (primary N) is 1. The first-order chi connectivity index (χ1) is 10.2. The minimum absolute atomic E-state index is 0.0495. The van der Waals surface area contributed by atoms with E-state index in [2.05, 4.69) is 0 Å². The molecule has 3 heterocycles. The van der Waals surface area contributed by atoms with E-state index in [4.69, 9.17) is 5.14 Å². The van der Waals surface area contributed by atoms with Crippen molar-refractivity contribution < 1.29 is 21.9 Å². The maximum atomic E-state index is 12.6. The molecular formula is C11H14N2O5S4. The fourth-order valence-electron chi connectivity index (χ4n) is 2.43. The summed E-state index contributed by atoms with van der Waals surface area (Å²) >= 11 is 2.13. The normalized spacial score (nSPS) is 28.8. The van der Waals surface area contributed by atoms with Gasteiger partial charge in [0.2, 0.25) is 20.0 Å². The molecule has 122 valence electrons. The third kappa shape index (κ3) is 2.86. The number of sulfonamides is 2. The van der Waals surface area contributed by atoms with E-state index >= 15 is 0 Å². The minimum atomic E-state index is -3.87. The van der Waals surface area contributed by atoms with E-state index in [-0.39, 0.29) is 29.3 Å². The Morgan fingerprint density at radius 2 is 2.18 bits per heavy atom. The number of thiophene rings is 1. The molecule has 1 aromatic rings. The van der Waals surface area contributed by atoms with Crippen molar-refractivity contribution in [1.29, 1.82) is 0 Å². The predicted molar refractivity (Wildman–Crippen MR) is 85.8 cm³/mol. The first-order valence-electron chi connectivity index (χ1n) is 6.31. The zero-order chi connectivity index (χ0) is 16.1. The Kier molecular flexibility index (Phi) is 4.17. The van der Waals surface area contributed by atoms with Gasteiger partial charge < -0.3 is 5.11 Å². The molecule has 0 aliphatic carbocycles. The number of rotatable bonds is 3. The van der Waals surface area contributed by atoms with Gasteiger partial charge in [0.15, 0.2) is 0 Å². The second-order valence-electron chi connectivity index (χ2n) is 5.05. The molecule has 0 saturated heterocycles. The second-order valence-corrected chi connectivity index (χ2v) is 11.5. The number of primary sulfonamides is 1. The molecule has 2 aliphatic heterocycles. The molecule has 2 aliphatic rings. The summed E-state index contributed by atoms with van der Waals surface area (Å²) < 4.78 is 48.3. The third-order valence-electron chi connectivity index (χ3n) is 3.52. The molecule has 1 aromatic heterocycles.